The molecule has 0 spiro atoms. The van der Waals surface area contributed by atoms with Crippen molar-refractivity contribution in [2.75, 3.05) is 26.2 Å². The van der Waals surface area contributed by atoms with E-state index in [0.717, 1.165) is 31.7 Å². The van der Waals surface area contributed by atoms with E-state index in [1.807, 2.05) is 13.0 Å². The van der Waals surface area contributed by atoms with Gasteiger partial charge in [0.05, 0.1) is 0 Å². The van der Waals surface area contributed by atoms with Crippen LogP contribution < -0.4 is 5.32 Å². The molecule has 3 heteroatoms. The van der Waals surface area contributed by atoms with E-state index in [-0.39, 0.29) is 5.82 Å². The average molecular weight is 264 g/mol. The van der Waals surface area contributed by atoms with Crippen LogP contribution in [0.2, 0.25) is 0 Å². The number of hydrogen-bond acceptors (Lipinski definition) is 2. The molecule has 0 saturated carbocycles. The highest BCUT2D eigenvalue weighted by Gasteiger charge is 2.22. The molecular formula is C16H25FN2. The molecule has 1 N–H and O–H groups in total. The molecule has 1 aliphatic heterocycles. The van der Waals surface area contributed by atoms with E-state index in [9.17, 15) is 4.39 Å². The molecule has 0 radical (unpaired) electrons. The topological polar surface area (TPSA) is 15.3 Å². The van der Waals surface area contributed by atoms with Crippen molar-refractivity contribution in [1.82, 2.24) is 10.2 Å². The SMILES string of the molecule is CCCC[C@@H](c1ccc(F)cc1C)N1CCNCC1. The predicted molar refractivity (Wildman–Crippen MR) is 77.8 cm³/mol. The highest BCUT2D eigenvalue weighted by molar-refractivity contribution is 5.29. The van der Waals surface area contributed by atoms with Crippen molar-refractivity contribution in [2.45, 2.75) is 39.2 Å². The Morgan fingerprint density at radius 2 is 2.05 bits per heavy atom. The van der Waals surface area contributed by atoms with Crippen molar-refractivity contribution in [3.63, 3.8) is 0 Å². The molecule has 106 valence electrons. The first-order chi connectivity index (χ1) is 9.22. The van der Waals surface area contributed by atoms with E-state index >= 15 is 0 Å². The summed E-state index contributed by atoms with van der Waals surface area (Å²) in [5, 5.41) is 3.40. The molecule has 1 aromatic carbocycles. The second-order valence-corrected chi connectivity index (χ2v) is 5.44. The molecule has 1 fully saturated rings. The number of unbranched alkanes of at least 4 members (excludes halogenated alkanes) is 1. The van der Waals surface area contributed by atoms with E-state index < -0.39 is 0 Å². The highest BCUT2D eigenvalue weighted by Crippen LogP contribution is 2.29. The third kappa shape index (κ3) is 3.77. The molecule has 0 aliphatic carbocycles. The molecule has 0 bridgehead atoms. The Balaban J connectivity index is 2.19. The van der Waals surface area contributed by atoms with E-state index in [2.05, 4.69) is 17.1 Å². The lowest BCUT2D eigenvalue weighted by molar-refractivity contribution is 0.162. The van der Waals surface area contributed by atoms with Crippen LogP contribution >= 0.6 is 0 Å². The number of halogens is 1. The smallest absolute Gasteiger partial charge is 0.123 e. The zero-order valence-electron chi connectivity index (χ0n) is 12.1. The van der Waals surface area contributed by atoms with Gasteiger partial charge in [0.2, 0.25) is 0 Å². The molecule has 0 unspecified atom stereocenters. The lowest BCUT2D eigenvalue weighted by Crippen LogP contribution is -2.45. The van der Waals surface area contributed by atoms with Crippen molar-refractivity contribution in [3.05, 3.63) is 35.1 Å². The monoisotopic (exact) mass is 264 g/mol. The van der Waals surface area contributed by atoms with E-state index in [1.54, 1.807) is 12.1 Å². The molecule has 1 aromatic rings. The largest absolute Gasteiger partial charge is 0.314 e. The molecule has 0 amide bonds. The first kappa shape index (κ1) is 14.5. The Labute approximate surface area is 116 Å². The lowest BCUT2D eigenvalue weighted by atomic mass is 9.95. The summed E-state index contributed by atoms with van der Waals surface area (Å²) in [5.41, 5.74) is 2.39. The third-order valence-corrected chi connectivity index (χ3v) is 4.01. The number of rotatable bonds is 5. The van der Waals surface area contributed by atoms with Crippen LogP contribution in [0.4, 0.5) is 4.39 Å². The van der Waals surface area contributed by atoms with Gasteiger partial charge in [-0.3, -0.25) is 4.90 Å². The molecule has 0 aromatic heterocycles. The second-order valence-electron chi connectivity index (χ2n) is 5.44. The van der Waals surface area contributed by atoms with Crippen molar-refractivity contribution in [1.29, 1.82) is 0 Å². The van der Waals surface area contributed by atoms with Gasteiger partial charge in [0, 0.05) is 32.2 Å². The number of nitrogens with zero attached hydrogens (tertiary/aromatic N) is 1. The summed E-state index contributed by atoms with van der Waals surface area (Å²) in [7, 11) is 0. The van der Waals surface area contributed by atoms with Crippen LogP contribution in [0.1, 0.15) is 43.4 Å². The number of piperazine rings is 1. The van der Waals surface area contributed by atoms with Crippen molar-refractivity contribution >= 4 is 0 Å². The molecule has 1 saturated heterocycles. The molecule has 2 rings (SSSR count). The van der Waals surface area contributed by atoms with Crippen molar-refractivity contribution in [3.8, 4) is 0 Å². The first-order valence-corrected chi connectivity index (χ1v) is 7.43. The summed E-state index contributed by atoms with van der Waals surface area (Å²) in [4.78, 5) is 2.55. The normalized spacial score (nSPS) is 18.5. The molecule has 1 heterocycles. The quantitative estimate of drug-likeness (QED) is 0.878. The molecule has 1 atom stereocenters. The van der Waals surface area contributed by atoms with Gasteiger partial charge in [-0.1, -0.05) is 25.8 Å². The summed E-state index contributed by atoms with van der Waals surface area (Å²) >= 11 is 0. The molecule has 19 heavy (non-hydrogen) atoms. The Hall–Kier alpha value is -0.930. The predicted octanol–water partition coefficient (Wildman–Crippen LogP) is 3.27. The Bertz CT molecular complexity index is 400. The molecular weight excluding hydrogens is 239 g/mol. The van der Waals surface area contributed by atoms with Gasteiger partial charge in [-0.25, -0.2) is 4.39 Å². The van der Waals surface area contributed by atoms with Crippen LogP contribution in [-0.2, 0) is 0 Å². The van der Waals surface area contributed by atoms with Gasteiger partial charge in [-0.15, -0.1) is 0 Å². The summed E-state index contributed by atoms with van der Waals surface area (Å²) in [6.45, 7) is 8.55. The van der Waals surface area contributed by atoms with E-state index in [4.69, 9.17) is 0 Å². The second kappa shape index (κ2) is 7.01. The zero-order valence-corrected chi connectivity index (χ0v) is 12.1. The maximum absolute atomic E-state index is 13.3. The molecule has 2 nitrogen and oxygen atoms in total. The van der Waals surface area contributed by atoms with Crippen LogP contribution in [0.15, 0.2) is 18.2 Å². The van der Waals surface area contributed by atoms with Gasteiger partial charge < -0.3 is 5.32 Å². The van der Waals surface area contributed by atoms with Gasteiger partial charge in [-0.05, 0) is 36.6 Å². The summed E-state index contributed by atoms with van der Waals surface area (Å²) in [6.07, 6.45) is 3.61. The average Bonchev–Trinajstić information content (AvgIpc) is 2.42. The number of benzene rings is 1. The fourth-order valence-corrected chi connectivity index (χ4v) is 2.94. The maximum Gasteiger partial charge on any atom is 0.123 e. The number of aryl methyl sites for hydroxylation is 1. The van der Waals surface area contributed by atoms with Crippen molar-refractivity contribution in [2.24, 2.45) is 0 Å². The van der Waals surface area contributed by atoms with Gasteiger partial charge in [0.25, 0.3) is 0 Å². The summed E-state index contributed by atoms with van der Waals surface area (Å²) in [5.74, 6) is -0.129. The maximum atomic E-state index is 13.3. The van der Waals surface area contributed by atoms with E-state index in [0.29, 0.717) is 6.04 Å². The Morgan fingerprint density at radius 3 is 2.68 bits per heavy atom. The Morgan fingerprint density at radius 1 is 1.32 bits per heavy atom. The zero-order chi connectivity index (χ0) is 13.7. The fourth-order valence-electron chi connectivity index (χ4n) is 2.94. The Kier molecular flexibility index (Phi) is 5.34. The van der Waals surface area contributed by atoms with Gasteiger partial charge >= 0.3 is 0 Å². The minimum atomic E-state index is -0.129. The van der Waals surface area contributed by atoms with Crippen LogP contribution in [0.3, 0.4) is 0 Å². The standard InChI is InChI=1S/C16H25FN2/c1-3-4-5-16(19-10-8-18-9-11-19)15-7-6-14(17)12-13(15)2/h6-7,12,16,18H,3-5,8-11H2,1-2H3/t16-/m0/s1. The van der Waals surface area contributed by atoms with E-state index in [1.165, 1.54) is 24.8 Å². The van der Waals surface area contributed by atoms with Gasteiger partial charge in [0.1, 0.15) is 5.82 Å². The first-order valence-electron chi connectivity index (χ1n) is 7.43. The number of nitrogens with one attached hydrogen (secondary N) is 1. The minimum Gasteiger partial charge on any atom is -0.314 e. The number of hydrogen-bond donors (Lipinski definition) is 1. The summed E-state index contributed by atoms with van der Waals surface area (Å²) in [6, 6.07) is 5.69. The van der Waals surface area contributed by atoms with Gasteiger partial charge in [-0.2, -0.15) is 0 Å². The minimum absolute atomic E-state index is 0.129. The third-order valence-electron chi connectivity index (χ3n) is 4.01. The lowest BCUT2D eigenvalue weighted by Gasteiger charge is -2.36. The highest BCUT2D eigenvalue weighted by atomic mass is 19.1. The summed E-state index contributed by atoms with van der Waals surface area (Å²) < 4.78 is 13.3. The van der Waals surface area contributed by atoms with Gasteiger partial charge in [0.15, 0.2) is 0 Å². The van der Waals surface area contributed by atoms with Crippen LogP contribution in [0, 0.1) is 12.7 Å². The van der Waals surface area contributed by atoms with Crippen LogP contribution in [-0.4, -0.2) is 31.1 Å². The van der Waals surface area contributed by atoms with Crippen LogP contribution in [0.25, 0.3) is 0 Å². The molecule has 1 aliphatic rings. The van der Waals surface area contributed by atoms with Crippen LogP contribution in [0.5, 0.6) is 0 Å². The fraction of sp³-hybridized carbons (Fsp3) is 0.625. The van der Waals surface area contributed by atoms with Crippen molar-refractivity contribution < 1.29 is 4.39 Å².